The van der Waals surface area contributed by atoms with E-state index >= 15 is 0 Å². The lowest BCUT2D eigenvalue weighted by Crippen LogP contribution is -2.37. The van der Waals surface area contributed by atoms with Crippen LogP contribution in [0.5, 0.6) is 0 Å². The Balaban J connectivity index is 1.56. The molecule has 5 rings (SSSR count). The van der Waals surface area contributed by atoms with Gasteiger partial charge in [0.2, 0.25) is 5.95 Å². The summed E-state index contributed by atoms with van der Waals surface area (Å²) in [4.78, 5) is 43.0. The van der Waals surface area contributed by atoms with E-state index in [0.717, 1.165) is 22.3 Å². The smallest absolute Gasteiger partial charge is 0.411 e. The lowest BCUT2D eigenvalue weighted by molar-refractivity contribution is -0.130. The lowest BCUT2D eigenvalue weighted by atomic mass is 10.0. The van der Waals surface area contributed by atoms with Gasteiger partial charge in [0.25, 0.3) is 5.91 Å². The summed E-state index contributed by atoms with van der Waals surface area (Å²) < 4.78 is 5.52. The van der Waals surface area contributed by atoms with Gasteiger partial charge in [0.1, 0.15) is 11.4 Å². The number of carbonyl (C=O) groups is 2. The first-order valence-corrected chi connectivity index (χ1v) is 12.3. The highest BCUT2D eigenvalue weighted by molar-refractivity contribution is 5.97. The van der Waals surface area contributed by atoms with Crippen LogP contribution in [0.3, 0.4) is 0 Å². The van der Waals surface area contributed by atoms with E-state index in [1.165, 1.54) is 26.2 Å². The maximum Gasteiger partial charge on any atom is 0.411 e. The number of nitrogens with zero attached hydrogens (tertiary/aromatic N) is 5. The molecule has 0 aliphatic carbocycles. The van der Waals surface area contributed by atoms with Gasteiger partial charge in [-0.25, -0.2) is 24.7 Å². The van der Waals surface area contributed by atoms with Crippen LogP contribution >= 0.6 is 0 Å². The molecule has 4 aromatic rings. The predicted octanol–water partition coefficient (Wildman–Crippen LogP) is 3.39. The molecule has 1 fully saturated rings. The second kappa shape index (κ2) is 10.6. The normalized spacial score (nSPS) is 13.8. The molecule has 3 heterocycles. The Morgan fingerprint density at radius 2 is 1.67 bits per heavy atom. The first kappa shape index (κ1) is 25.9. The SMILES string of the molecule is CC(C)(O)C(=O)Nc1cccc(-c2ccc3c(N4CCOCC4)nc(-c4cnc(NC(=O)O)nc4)nc3c2)c1. The third kappa shape index (κ3) is 5.92. The van der Waals surface area contributed by atoms with Gasteiger partial charge in [-0.05, 0) is 49.2 Å². The molecule has 0 bridgehead atoms. The molecule has 39 heavy (non-hydrogen) atoms. The Bertz CT molecular complexity index is 1530. The number of amides is 2. The summed E-state index contributed by atoms with van der Waals surface area (Å²) in [5.74, 6) is 0.606. The predicted molar refractivity (Wildman–Crippen MR) is 146 cm³/mol. The number of carbonyl (C=O) groups excluding carboxylic acids is 1. The summed E-state index contributed by atoms with van der Waals surface area (Å²) in [6.07, 6.45) is 1.69. The number of rotatable bonds is 6. The number of anilines is 3. The van der Waals surface area contributed by atoms with Gasteiger partial charge >= 0.3 is 6.09 Å². The summed E-state index contributed by atoms with van der Waals surface area (Å²) >= 11 is 0. The van der Waals surface area contributed by atoms with E-state index in [2.05, 4.69) is 25.5 Å². The van der Waals surface area contributed by atoms with Gasteiger partial charge < -0.3 is 25.2 Å². The monoisotopic (exact) mass is 529 g/mol. The van der Waals surface area contributed by atoms with E-state index < -0.39 is 17.6 Å². The molecule has 2 aromatic carbocycles. The van der Waals surface area contributed by atoms with Crippen LogP contribution in [-0.2, 0) is 9.53 Å². The van der Waals surface area contributed by atoms with Crippen molar-refractivity contribution >= 4 is 40.4 Å². The fraction of sp³-hybridized carbons (Fsp3) is 0.259. The fourth-order valence-corrected chi connectivity index (χ4v) is 4.10. The highest BCUT2D eigenvalue weighted by atomic mass is 16.5. The van der Waals surface area contributed by atoms with Crippen molar-refractivity contribution < 1.29 is 24.5 Å². The van der Waals surface area contributed by atoms with Gasteiger partial charge in [0.15, 0.2) is 5.82 Å². The topological polar surface area (TPSA) is 163 Å². The van der Waals surface area contributed by atoms with Crippen molar-refractivity contribution in [3.8, 4) is 22.5 Å². The molecule has 0 saturated carbocycles. The minimum atomic E-state index is -1.51. The van der Waals surface area contributed by atoms with E-state index in [4.69, 9.17) is 19.8 Å². The minimum absolute atomic E-state index is 0.0423. The number of ether oxygens (including phenoxy) is 1. The van der Waals surface area contributed by atoms with Crippen LogP contribution in [0.4, 0.5) is 22.2 Å². The molecule has 2 aromatic heterocycles. The average molecular weight is 530 g/mol. The van der Waals surface area contributed by atoms with Crippen molar-refractivity contribution in [3.05, 3.63) is 54.9 Å². The number of morpholine rings is 1. The van der Waals surface area contributed by atoms with E-state index in [9.17, 15) is 14.7 Å². The van der Waals surface area contributed by atoms with Gasteiger partial charge in [0, 0.05) is 36.6 Å². The van der Waals surface area contributed by atoms with Crippen LogP contribution in [0.2, 0.25) is 0 Å². The highest BCUT2D eigenvalue weighted by Gasteiger charge is 2.24. The van der Waals surface area contributed by atoms with Crippen LogP contribution in [0.15, 0.2) is 54.9 Å². The number of benzene rings is 2. The molecule has 200 valence electrons. The Morgan fingerprint density at radius 1 is 0.949 bits per heavy atom. The van der Waals surface area contributed by atoms with Gasteiger partial charge in [-0.1, -0.05) is 18.2 Å². The fourth-order valence-electron chi connectivity index (χ4n) is 4.10. The molecule has 4 N–H and O–H groups in total. The second-order valence-corrected chi connectivity index (χ2v) is 9.52. The molecular formula is C27H27N7O5. The number of carboxylic acid groups (broad SMARTS) is 1. The maximum atomic E-state index is 12.3. The Hall–Kier alpha value is -4.68. The minimum Gasteiger partial charge on any atom is -0.465 e. The zero-order chi connectivity index (χ0) is 27.6. The first-order valence-electron chi connectivity index (χ1n) is 12.3. The molecular weight excluding hydrogens is 502 g/mol. The van der Waals surface area contributed by atoms with Gasteiger partial charge in [-0.15, -0.1) is 0 Å². The number of aromatic nitrogens is 4. The Morgan fingerprint density at radius 3 is 2.36 bits per heavy atom. The number of hydrogen-bond acceptors (Lipinski definition) is 9. The van der Waals surface area contributed by atoms with Gasteiger partial charge in [-0.3, -0.25) is 10.1 Å². The van der Waals surface area contributed by atoms with E-state index in [0.29, 0.717) is 48.9 Å². The summed E-state index contributed by atoms with van der Waals surface area (Å²) in [5, 5.41) is 24.6. The molecule has 12 nitrogen and oxygen atoms in total. The number of fused-ring (bicyclic) bond motifs is 1. The molecule has 1 aliphatic heterocycles. The third-order valence-electron chi connectivity index (χ3n) is 6.13. The van der Waals surface area contributed by atoms with Gasteiger partial charge in [0.05, 0.1) is 24.3 Å². The lowest BCUT2D eigenvalue weighted by Gasteiger charge is -2.29. The Kier molecular flexibility index (Phi) is 7.05. The first-order chi connectivity index (χ1) is 18.7. The zero-order valence-corrected chi connectivity index (χ0v) is 21.4. The van der Waals surface area contributed by atoms with Crippen molar-refractivity contribution in [2.75, 3.05) is 41.8 Å². The quantitative estimate of drug-likeness (QED) is 0.291. The van der Waals surface area contributed by atoms with E-state index in [1.54, 1.807) is 6.07 Å². The molecule has 1 saturated heterocycles. The number of hydrogen-bond donors (Lipinski definition) is 4. The van der Waals surface area contributed by atoms with Crippen molar-refractivity contribution in [1.82, 2.24) is 19.9 Å². The summed E-state index contributed by atoms with van der Waals surface area (Å²) in [6, 6.07) is 13.2. The summed E-state index contributed by atoms with van der Waals surface area (Å²) in [5.41, 5.74) is 2.00. The molecule has 1 aliphatic rings. The second-order valence-electron chi connectivity index (χ2n) is 9.52. The van der Waals surface area contributed by atoms with Gasteiger partial charge in [-0.2, -0.15) is 0 Å². The molecule has 12 heteroatoms. The maximum absolute atomic E-state index is 12.3. The number of aliphatic hydroxyl groups is 1. The van der Waals surface area contributed by atoms with Crippen molar-refractivity contribution in [2.45, 2.75) is 19.4 Å². The summed E-state index contributed by atoms with van der Waals surface area (Å²) in [7, 11) is 0. The van der Waals surface area contributed by atoms with Crippen molar-refractivity contribution in [3.63, 3.8) is 0 Å². The van der Waals surface area contributed by atoms with Crippen molar-refractivity contribution in [2.24, 2.45) is 0 Å². The van der Waals surface area contributed by atoms with Crippen LogP contribution in [-0.4, -0.2) is 74.1 Å². The van der Waals surface area contributed by atoms with Crippen molar-refractivity contribution in [1.29, 1.82) is 0 Å². The zero-order valence-electron chi connectivity index (χ0n) is 21.4. The molecule has 0 spiro atoms. The molecule has 2 amide bonds. The summed E-state index contributed by atoms with van der Waals surface area (Å²) in [6.45, 7) is 5.38. The molecule has 0 atom stereocenters. The van der Waals surface area contributed by atoms with Crippen LogP contribution in [0, 0.1) is 0 Å². The largest absolute Gasteiger partial charge is 0.465 e. The average Bonchev–Trinajstić information content (AvgIpc) is 2.92. The standard InChI is InChI=1S/C27H27N7O5/c1-27(2,38)24(35)30-19-5-3-4-16(12-19)17-6-7-20-21(13-17)31-22(32-23(20)34-8-10-39-11-9-34)18-14-28-25(29-15-18)33-26(36)37/h3-7,12-15,38H,8-11H2,1-2H3,(H,30,35)(H,36,37)(H,28,29,33). The number of nitrogens with one attached hydrogen (secondary N) is 2. The Labute approximate surface area is 223 Å². The third-order valence-corrected chi connectivity index (χ3v) is 6.13. The van der Waals surface area contributed by atoms with E-state index in [1.807, 2.05) is 36.4 Å². The molecule has 0 unspecified atom stereocenters. The van der Waals surface area contributed by atoms with Crippen LogP contribution in [0.1, 0.15) is 13.8 Å². The molecule has 0 radical (unpaired) electrons. The van der Waals surface area contributed by atoms with Crippen LogP contribution in [0.25, 0.3) is 33.4 Å². The highest BCUT2D eigenvalue weighted by Crippen LogP contribution is 2.32. The van der Waals surface area contributed by atoms with E-state index in [-0.39, 0.29) is 5.95 Å². The van der Waals surface area contributed by atoms with Crippen LogP contribution < -0.4 is 15.5 Å².